The third-order valence-electron chi connectivity index (χ3n) is 2.89. The molecular formula is C14H16N2O3. The fourth-order valence-electron chi connectivity index (χ4n) is 1.97. The molecule has 0 fully saturated rings. The molecule has 0 aromatic carbocycles. The van der Waals surface area contributed by atoms with Crippen molar-refractivity contribution in [3.8, 4) is 0 Å². The molecule has 1 amide bonds. The van der Waals surface area contributed by atoms with Gasteiger partial charge in [-0.2, -0.15) is 0 Å². The first-order chi connectivity index (χ1) is 9.04. The Morgan fingerprint density at radius 3 is 3.00 bits per heavy atom. The molecular weight excluding hydrogens is 244 g/mol. The lowest BCUT2D eigenvalue weighted by Gasteiger charge is -2.12. The topological polar surface area (TPSA) is 68.3 Å². The average Bonchev–Trinajstić information content (AvgIpc) is 2.75. The van der Waals surface area contributed by atoms with Crippen LogP contribution in [0, 0.1) is 0 Å². The minimum absolute atomic E-state index is 0.0762. The smallest absolute Gasteiger partial charge is 0.340 e. The number of hydrogen-bond donors (Lipinski definition) is 1. The van der Waals surface area contributed by atoms with E-state index < -0.39 is 5.97 Å². The van der Waals surface area contributed by atoms with Gasteiger partial charge in [-0.3, -0.25) is 9.78 Å². The standard InChI is InChI=1S/C14H16N2O3/c1-4-5-19-14(18)10-6-9-11(7-15-13(9)17)16-12(10)8(2)3/h4,6,8H,1,5,7H2,2-3H3,(H,15,17). The maximum Gasteiger partial charge on any atom is 0.340 e. The highest BCUT2D eigenvalue weighted by atomic mass is 16.5. The zero-order valence-corrected chi connectivity index (χ0v) is 11.0. The van der Waals surface area contributed by atoms with Gasteiger partial charge in [0.05, 0.1) is 29.1 Å². The van der Waals surface area contributed by atoms with E-state index in [4.69, 9.17) is 4.74 Å². The first-order valence-corrected chi connectivity index (χ1v) is 6.14. The number of esters is 1. The Hall–Kier alpha value is -2.17. The van der Waals surface area contributed by atoms with Crippen LogP contribution in [0.5, 0.6) is 0 Å². The van der Waals surface area contributed by atoms with Crippen LogP contribution in [-0.4, -0.2) is 23.5 Å². The fraction of sp³-hybridized carbons (Fsp3) is 0.357. The van der Waals surface area contributed by atoms with Crippen LogP contribution in [0.15, 0.2) is 18.7 Å². The summed E-state index contributed by atoms with van der Waals surface area (Å²) in [6, 6.07) is 1.57. The Morgan fingerprint density at radius 1 is 1.63 bits per heavy atom. The summed E-state index contributed by atoms with van der Waals surface area (Å²) < 4.78 is 5.03. The Morgan fingerprint density at radius 2 is 2.37 bits per heavy atom. The number of fused-ring (bicyclic) bond motifs is 1. The SMILES string of the molecule is C=CCOC(=O)c1cc2c(nc1C(C)C)CNC2=O. The molecule has 0 atom stereocenters. The number of rotatable bonds is 4. The van der Waals surface area contributed by atoms with Gasteiger partial charge in [0.1, 0.15) is 6.61 Å². The van der Waals surface area contributed by atoms with Crippen LogP contribution in [0.2, 0.25) is 0 Å². The number of nitrogens with one attached hydrogen (secondary N) is 1. The van der Waals surface area contributed by atoms with Gasteiger partial charge in [-0.1, -0.05) is 26.5 Å². The third-order valence-corrected chi connectivity index (χ3v) is 2.89. The normalized spacial score (nSPS) is 13.1. The van der Waals surface area contributed by atoms with E-state index in [2.05, 4.69) is 16.9 Å². The summed E-state index contributed by atoms with van der Waals surface area (Å²) in [6.07, 6.45) is 1.50. The van der Waals surface area contributed by atoms with E-state index in [1.54, 1.807) is 6.07 Å². The average molecular weight is 260 g/mol. The Balaban J connectivity index is 2.45. The summed E-state index contributed by atoms with van der Waals surface area (Å²) in [4.78, 5) is 28.0. The third kappa shape index (κ3) is 2.50. The molecule has 0 saturated heterocycles. The first-order valence-electron chi connectivity index (χ1n) is 6.14. The molecule has 0 unspecified atom stereocenters. The minimum atomic E-state index is -0.474. The largest absolute Gasteiger partial charge is 0.458 e. The Kier molecular flexibility index (Phi) is 3.64. The minimum Gasteiger partial charge on any atom is -0.458 e. The maximum atomic E-state index is 12.0. The lowest BCUT2D eigenvalue weighted by atomic mass is 10.0. The molecule has 0 saturated carbocycles. The van der Waals surface area contributed by atoms with Crippen molar-refractivity contribution in [3.05, 3.63) is 41.2 Å². The zero-order chi connectivity index (χ0) is 14.0. The lowest BCUT2D eigenvalue weighted by Crippen LogP contribution is -2.14. The van der Waals surface area contributed by atoms with E-state index in [1.165, 1.54) is 6.08 Å². The maximum absolute atomic E-state index is 12.0. The molecule has 5 nitrogen and oxygen atoms in total. The quantitative estimate of drug-likeness (QED) is 0.662. The number of amides is 1. The van der Waals surface area contributed by atoms with E-state index in [0.717, 1.165) is 0 Å². The van der Waals surface area contributed by atoms with Gasteiger partial charge in [-0.25, -0.2) is 4.79 Å². The number of ether oxygens (including phenoxy) is 1. The van der Waals surface area contributed by atoms with Gasteiger partial charge in [-0.15, -0.1) is 0 Å². The number of nitrogens with zero attached hydrogens (tertiary/aromatic N) is 1. The highest BCUT2D eigenvalue weighted by molar-refractivity contribution is 6.01. The van der Waals surface area contributed by atoms with Crippen LogP contribution in [0.3, 0.4) is 0 Å². The van der Waals surface area contributed by atoms with Crippen molar-refractivity contribution in [2.24, 2.45) is 0 Å². The number of hydrogen-bond acceptors (Lipinski definition) is 4. The number of pyridine rings is 1. The van der Waals surface area contributed by atoms with E-state index in [1.807, 2.05) is 13.8 Å². The molecule has 1 aromatic heterocycles. The summed E-state index contributed by atoms with van der Waals surface area (Å²) in [5, 5.41) is 2.69. The van der Waals surface area contributed by atoms with Crippen LogP contribution in [0.4, 0.5) is 0 Å². The predicted octanol–water partition coefficient (Wildman–Crippen LogP) is 1.79. The number of aromatic nitrogens is 1. The van der Waals surface area contributed by atoms with E-state index in [9.17, 15) is 9.59 Å². The Bertz CT molecular complexity index is 550. The summed E-state index contributed by atoms with van der Waals surface area (Å²) >= 11 is 0. The Labute approximate surface area is 111 Å². The molecule has 0 radical (unpaired) electrons. The van der Waals surface area contributed by atoms with Gasteiger partial charge in [0.15, 0.2) is 0 Å². The highest BCUT2D eigenvalue weighted by Crippen LogP contribution is 2.24. The number of carbonyl (C=O) groups excluding carboxylic acids is 2. The highest BCUT2D eigenvalue weighted by Gasteiger charge is 2.26. The first kappa shape index (κ1) is 13.3. The second-order valence-corrected chi connectivity index (χ2v) is 4.64. The second kappa shape index (κ2) is 5.22. The molecule has 5 heteroatoms. The summed E-state index contributed by atoms with van der Waals surface area (Å²) in [6.45, 7) is 7.94. The van der Waals surface area contributed by atoms with Gasteiger partial charge >= 0.3 is 5.97 Å². The molecule has 1 aromatic rings. The van der Waals surface area contributed by atoms with Gasteiger partial charge in [0, 0.05) is 0 Å². The fourth-order valence-corrected chi connectivity index (χ4v) is 1.97. The van der Waals surface area contributed by atoms with E-state index in [-0.39, 0.29) is 18.4 Å². The van der Waals surface area contributed by atoms with Crippen molar-refractivity contribution in [1.82, 2.24) is 10.3 Å². The molecule has 0 spiro atoms. The molecule has 1 aliphatic heterocycles. The van der Waals surface area contributed by atoms with Crippen molar-refractivity contribution in [2.45, 2.75) is 26.3 Å². The summed E-state index contributed by atoms with van der Waals surface area (Å²) in [5.41, 5.74) is 2.15. The molecule has 100 valence electrons. The molecule has 2 rings (SSSR count). The zero-order valence-electron chi connectivity index (χ0n) is 11.0. The van der Waals surface area contributed by atoms with Crippen LogP contribution in [-0.2, 0) is 11.3 Å². The monoisotopic (exact) mass is 260 g/mol. The molecule has 19 heavy (non-hydrogen) atoms. The second-order valence-electron chi connectivity index (χ2n) is 4.64. The van der Waals surface area contributed by atoms with Gasteiger partial charge in [-0.05, 0) is 12.0 Å². The summed E-state index contributed by atoms with van der Waals surface area (Å²) in [7, 11) is 0. The van der Waals surface area contributed by atoms with Crippen LogP contribution < -0.4 is 5.32 Å². The molecule has 1 aliphatic rings. The molecule has 1 N–H and O–H groups in total. The van der Waals surface area contributed by atoms with Gasteiger partial charge < -0.3 is 10.1 Å². The lowest BCUT2D eigenvalue weighted by molar-refractivity contribution is 0.0547. The van der Waals surface area contributed by atoms with Crippen molar-refractivity contribution < 1.29 is 14.3 Å². The summed E-state index contributed by atoms with van der Waals surface area (Å²) in [5.74, 6) is -0.596. The van der Waals surface area contributed by atoms with Crippen LogP contribution in [0.25, 0.3) is 0 Å². The van der Waals surface area contributed by atoms with Crippen molar-refractivity contribution >= 4 is 11.9 Å². The van der Waals surface area contributed by atoms with Crippen LogP contribution >= 0.6 is 0 Å². The van der Waals surface area contributed by atoms with Crippen LogP contribution in [0.1, 0.15) is 51.9 Å². The molecule has 0 bridgehead atoms. The van der Waals surface area contributed by atoms with Gasteiger partial charge in [0.2, 0.25) is 0 Å². The number of carbonyl (C=O) groups is 2. The predicted molar refractivity (Wildman–Crippen MR) is 70.0 cm³/mol. The van der Waals surface area contributed by atoms with Crippen molar-refractivity contribution in [3.63, 3.8) is 0 Å². The van der Waals surface area contributed by atoms with Gasteiger partial charge in [0.25, 0.3) is 5.91 Å². The van der Waals surface area contributed by atoms with E-state index in [0.29, 0.717) is 29.1 Å². The molecule has 0 aliphatic carbocycles. The van der Waals surface area contributed by atoms with E-state index >= 15 is 0 Å². The van der Waals surface area contributed by atoms with Crippen molar-refractivity contribution in [2.75, 3.05) is 6.61 Å². The van der Waals surface area contributed by atoms with Crippen molar-refractivity contribution in [1.29, 1.82) is 0 Å². The molecule has 2 heterocycles.